The van der Waals surface area contributed by atoms with E-state index in [9.17, 15) is 18.0 Å². The zero-order valence-corrected chi connectivity index (χ0v) is 12.2. The van der Waals surface area contributed by atoms with Crippen LogP contribution in [-0.4, -0.2) is 17.3 Å². The van der Waals surface area contributed by atoms with Crippen LogP contribution in [0.15, 0.2) is 30.3 Å². The first kappa shape index (κ1) is 15.9. The molecule has 1 saturated carbocycles. The second-order valence-corrected chi connectivity index (χ2v) is 6.18. The highest BCUT2D eigenvalue weighted by Gasteiger charge is 2.61. The van der Waals surface area contributed by atoms with Crippen molar-refractivity contribution < 1.29 is 23.1 Å². The van der Waals surface area contributed by atoms with Crippen molar-refractivity contribution in [3.05, 3.63) is 40.9 Å². The minimum atomic E-state index is -4.55. The molecule has 0 aromatic heterocycles. The van der Waals surface area contributed by atoms with E-state index in [4.69, 9.17) is 16.7 Å². The summed E-state index contributed by atoms with van der Waals surface area (Å²) in [6.45, 7) is 3.31. The Labute approximate surface area is 125 Å². The molecular weight excluding hydrogens is 305 g/mol. The molecule has 1 unspecified atom stereocenters. The van der Waals surface area contributed by atoms with Gasteiger partial charge in [-0.15, -0.1) is 0 Å². The van der Waals surface area contributed by atoms with E-state index in [2.05, 4.69) is 0 Å². The lowest BCUT2D eigenvalue weighted by Crippen LogP contribution is -2.11. The first-order valence-electron chi connectivity index (χ1n) is 6.33. The topological polar surface area (TPSA) is 37.3 Å². The van der Waals surface area contributed by atoms with Crippen LogP contribution in [0.3, 0.4) is 0 Å². The Kier molecular flexibility index (Phi) is 3.82. The van der Waals surface area contributed by atoms with Crippen molar-refractivity contribution in [2.24, 2.45) is 17.3 Å². The quantitative estimate of drug-likeness (QED) is 0.881. The molecule has 1 aromatic carbocycles. The van der Waals surface area contributed by atoms with Crippen molar-refractivity contribution in [3.8, 4) is 0 Å². The monoisotopic (exact) mass is 318 g/mol. The lowest BCUT2D eigenvalue weighted by atomic mass is 10.0. The lowest BCUT2D eigenvalue weighted by Gasteiger charge is -2.12. The molecule has 1 aliphatic carbocycles. The third kappa shape index (κ3) is 3.07. The Bertz CT molecular complexity index is 588. The van der Waals surface area contributed by atoms with Crippen molar-refractivity contribution in [2.75, 3.05) is 0 Å². The summed E-state index contributed by atoms with van der Waals surface area (Å²) in [6.07, 6.45) is -3.52. The number of halogens is 4. The van der Waals surface area contributed by atoms with Gasteiger partial charge in [0.1, 0.15) is 0 Å². The molecule has 0 spiro atoms. The van der Waals surface area contributed by atoms with Gasteiger partial charge in [-0.2, -0.15) is 13.2 Å². The highest BCUT2D eigenvalue weighted by Crippen LogP contribution is 2.60. The maximum absolute atomic E-state index is 13.2. The van der Waals surface area contributed by atoms with Crippen LogP contribution < -0.4 is 0 Å². The minimum Gasteiger partial charge on any atom is -0.481 e. The largest absolute Gasteiger partial charge is 0.481 e. The maximum atomic E-state index is 13.2. The molecule has 0 amide bonds. The molecule has 0 bridgehead atoms. The molecule has 1 aromatic rings. The molecule has 1 N–H and O–H groups in total. The molecule has 0 aliphatic heterocycles. The highest BCUT2D eigenvalue weighted by molar-refractivity contribution is 6.30. The molecular formula is C15H14ClF3O2. The number of alkyl halides is 3. The number of aliphatic carboxylic acids is 1. The van der Waals surface area contributed by atoms with E-state index in [1.54, 1.807) is 13.8 Å². The summed E-state index contributed by atoms with van der Waals surface area (Å²) in [4.78, 5) is 11.1. The number of hydrogen-bond acceptors (Lipinski definition) is 1. The first-order chi connectivity index (χ1) is 9.55. The summed E-state index contributed by atoms with van der Waals surface area (Å²) in [5.74, 6) is -2.50. The van der Waals surface area contributed by atoms with E-state index in [1.807, 2.05) is 0 Å². The van der Waals surface area contributed by atoms with Crippen LogP contribution in [0.1, 0.15) is 19.4 Å². The molecule has 2 atom stereocenters. The van der Waals surface area contributed by atoms with Gasteiger partial charge >= 0.3 is 12.1 Å². The van der Waals surface area contributed by atoms with Crippen molar-refractivity contribution in [2.45, 2.75) is 20.0 Å². The molecule has 114 valence electrons. The maximum Gasteiger partial charge on any atom is 0.416 e. The predicted octanol–water partition coefficient (Wildman–Crippen LogP) is 4.64. The SMILES string of the molecule is CC1(C)C(C=C(c2ccc(Cl)cc2)C(F)(F)F)[C@H]1C(=O)O. The van der Waals surface area contributed by atoms with Crippen LogP contribution in [0.25, 0.3) is 5.57 Å². The number of rotatable bonds is 3. The third-order valence-corrected chi connectivity index (χ3v) is 4.24. The van der Waals surface area contributed by atoms with E-state index in [1.165, 1.54) is 24.3 Å². The first-order valence-corrected chi connectivity index (χ1v) is 6.70. The Morgan fingerprint density at radius 2 is 1.81 bits per heavy atom. The molecule has 6 heteroatoms. The van der Waals surface area contributed by atoms with Gasteiger partial charge < -0.3 is 5.11 Å². The summed E-state index contributed by atoms with van der Waals surface area (Å²) in [5.41, 5.74) is -1.51. The van der Waals surface area contributed by atoms with Gasteiger partial charge in [0.05, 0.1) is 11.5 Å². The Morgan fingerprint density at radius 1 is 1.29 bits per heavy atom. The number of carboxylic acids is 1. The van der Waals surface area contributed by atoms with E-state index >= 15 is 0 Å². The average Bonchev–Trinajstić information content (AvgIpc) is 2.88. The molecule has 1 fully saturated rings. The lowest BCUT2D eigenvalue weighted by molar-refractivity contribution is -0.139. The van der Waals surface area contributed by atoms with Gasteiger partial charge in [-0.1, -0.05) is 43.7 Å². The molecule has 2 nitrogen and oxygen atoms in total. The summed E-state index contributed by atoms with van der Waals surface area (Å²) < 4.78 is 39.7. The van der Waals surface area contributed by atoms with Crippen molar-refractivity contribution >= 4 is 23.1 Å². The number of allylic oxidation sites excluding steroid dienone is 2. The van der Waals surface area contributed by atoms with Crippen LogP contribution in [0.4, 0.5) is 13.2 Å². The van der Waals surface area contributed by atoms with Crippen molar-refractivity contribution in [1.29, 1.82) is 0 Å². The number of carbonyl (C=O) groups is 1. The van der Waals surface area contributed by atoms with Crippen LogP contribution in [-0.2, 0) is 4.79 Å². The zero-order chi connectivity index (χ0) is 16.0. The minimum absolute atomic E-state index is 0.0151. The van der Waals surface area contributed by atoms with Crippen LogP contribution in [0.2, 0.25) is 5.02 Å². The van der Waals surface area contributed by atoms with Gasteiger partial charge in [0.15, 0.2) is 0 Å². The van der Waals surface area contributed by atoms with Gasteiger partial charge in [0, 0.05) is 5.02 Å². The van der Waals surface area contributed by atoms with Crippen LogP contribution in [0.5, 0.6) is 0 Å². The van der Waals surface area contributed by atoms with E-state index < -0.39 is 35.0 Å². The summed E-state index contributed by atoms with van der Waals surface area (Å²) >= 11 is 5.68. The fourth-order valence-corrected chi connectivity index (χ4v) is 2.75. The van der Waals surface area contributed by atoms with E-state index in [0.29, 0.717) is 5.02 Å². The van der Waals surface area contributed by atoms with Crippen molar-refractivity contribution in [3.63, 3.8) is 0 Å². The number of hydrogen-bond donors (Lipinski definition) is 1. The van der Waals surface area contributed by atoms with Crippen LogP contribution in [0, 0.1) is 17.3 Å². The van der Waals surface area contributed by atoms with Gasteiger partial charge in [0.25, 0.3) is 0 Å². The molecule has 1 aliphatic rings. The molecule has 0 heterocycles. The number of benzene rings is 1. The Morgan fingerprint density at radius 3 is 2.19 bits per heavy atom. The van der Waals surface area contributed by atoms with E-state index in [-0.39, 0.29) is 5.56 Å². The second kappa shape index (κ2) is 5.05. The molecule has 0 radical (unpaired) electrons. The van der Waals surface area contributed by atoms with Crippen LogP contribution >= 0.6 is 11.6 Å². The van der Waals surface area contributed by atoms with Gasteiger partial charge in [-0.3, -0.25) is 4.79 Å². The highest BCUT2D eigenvalue weighted by atomic mass is 35.5. The summed E-state index contributed by atoms with van der Waals surface area (Å²) in [5, 5.41) is 9.40. The fourth-order valence-electron chi connectivity index (χ4n) is 2.62. The smallest absolute Gasteiger partial charge is 0.416 e. The normalized spacial score (nSPS) is 24.8. The average molecular weight is 319 g/mol. The second-order valence-electron chi connectivity index (χ2n) is 5.75. The summed E-state index contributed by atoms with van der Waals surface area (Å²) in [7, 11) is 0. The van der Waals surface area contributed by atoms with Gasteiger partial charge in [0.2, 0.25) is 0 Å². The molecule has 0 saturated heterocycles. The Hall–Kier alpha value is -1.49. The van der Waals surface area contributed by atoms with Crippen molar-refractivity contribution in [1.82, 2.24) is 0 Å². The van der Waals surface area contributed by atoms with Gasteiger partial charge in [-0.25, -0.2) is 0 Å². The summed E-state index contributed by atoms with van der Waals surface area (Å²) in [6, 6.07) is 5.33. The molecule has 2 rings (SSSR count). The fraction of sp³-hybridized carbons (Fsp3) is 0.400. The van der Waals surface area contributed by atoms with E-state index in [0.717, 1.165) is 6.08 Å². The number of carboxylic acid groups (broad SMARTS) is 1. The third-order valence-electron chi connectivity index (χ3n) is 3.98. The van der Waals surface area contributed by atoms with Gasteiger partial charge in [-0.05, 0) is 29.0 Å². The Balaban J connectivity index is 2.41. The standard InChI is InChI=1S/C15H14ClF3O2/c1-14(2)11(12(14)13(20)21)7-10(15(17,18)19)8-3-5-9(16)6-4-8/h3-7,11-12H,1-2H3,(H,20,21)/t11?,12-/m0/s1. The zero-order valence-electron chi connectivity index (χ0n) is 11.4. The molecule has 21 heavy (non-hydrogen) atoms. The predicted molar refractivity (Wildman–Crippen MR) is 73.9 cm³/mol.